The Morgan fingerprint density at radius 2 is 1.92 bits per heavy atom. The number of hydrogen-bond acceptors (Lipinski definition) is 5. The zero-order chi connectivity index (χ0) is 18.2. The topological polar surface area (TPSA) is 105 Å². The molecule has 3 aromatic rings. The van der Waals surface area contributed by atoms with E-state index in [-0.39, 0.29) is 5.56 Å². The standard InChI is InChI=1S/C15H12F2N4O3S/c1-8-12-6-10(7-18-13(12)21-20-8)19-14(22)9-2-4-11(5-3-9)25(23,24)15(16)17/h2-7,15H,1H3,(H,19,22)(H,18,20,21). The third-order valence-corrected chi connectivity index (χ3v) is 4.94. The molecule has 2 aromatic heterocycles. The second-order valence-electron chi connectivity index (χ2n) is 5.23. The molecule has 0 saturated carbocycles. The van der Waals surface area contributed by atoms with Gasteiger partial charge in [0.15, 0.2) is 5.65 Å². The van der Waals surface area contributed by atoms with Gasteiger partial charge in [-0.3, -0.25) is 9.89 Å². The highest BCUT2D eigenvalue weighted by molar-refractivity contribution is 7.91. The summed E-state index contributed by atoms with van der Waals surface area (Å²) < 4.78 is 47.7. The van der Waals surface area contributed by atoms with Crippen molar-refractivity contribution < 1.29 is 22.0 Å². The molecule has 3 rings (SSSR count). The Labute approximate surface area is 141 Å². The minimum atomic E-state index is -4.69. The Morgan fingerprint density at radius 1 is 1.24 bits per heavy atom. The van der Waals surface area contributed by atoms with E-state index in [0.29, 0.717) is 11.3 Å². The second-order valence-corrected chi connectivity index (χ2v) is 7.15. The Morgan fingerprint density at radius 3 is 2.56 bits per heavy atom. The maximum Gasteiger partial charge on any atom is 0.341 e. The van der Waals surface area contributed by atoms with Crippen LogP contribution in [0.2, 0.25) is 0 Å². The summed E-state index contributed by atoms with van der Waals surface area (Å²) in [6.45, 7) is 1.81. The van der Waals surface area contributed by atoms with Crippen LogP contribution in [-0.2, 0) is 9.84 Å². The van der Waals surface area contributed by atoms with E-state index in [1.807, 2.05) is 6.92 Å². The number of nitrogens with zero attached hydrogens (tertiary/aromatic N) is 2. The lowest BCUT2D eigenvalue weighted by atomic mass is 10.2. The van der Waals surface area contributed by atoms with Gasteiger partial charge >= 0.3 is 5.76 Å². The number of aryl methyl sites for hydroxylation is 1. The van der Waals surface area contributed by atoms with Crippen molar-refractivity contribution in [3.05, 3.63) is 47.8 Å². The van der Waals surface area contributed by atoms with Gasteiger partial charge in [0.2, 0.25) is 9.84 Å². The quantitative estimate of drug-likeness (QED) is 0.738. The number of alkyl halides is 2. The molecule has 0 aliphatic rings. The number of aromatic amines is 1. The minimum absolute atomic E-state index is 0.122. The average molecular weight is 366 g/mol. The Balaban J connectivity index is 1.82. The van der Waals surface area contributed by atoms with Crippen molar-refractivity contribution in [1.29, 1.82) is 0 Å². The zero-order valence-corrected chi connectivity index (χ0v) is 13.6. The van der Waals surface area contributed by atoms with Gasteiger partial charge in [-0.05, 0) is 37.3 Å². The van der Waals surface area contributed by atoms with Crippen LogP contribution in [-0.4, -0.2) is 35.3 Å². The summed E-state index contributed by atoms with van der Waals surface area (Å²) >= 11 is 0. The molecule has 0 saturated heterocycles. The fraction of sp³-hybridized carbons (Fsp3) is 0.133. The largest absolute Gasteiger partial charge is 0.341 e. The van der Waals surface area contributed by atoms with E-state index < -0.39 is 26.4 Å². The highest BCUT2D eigenvalue weighted by Crippen LogP contribution is 2.20. The van der Waals surface area contributed by atoms with E-state index in [1.165, 1.54) is 18.3 Å². The lowest BCUT2D eigenvalue weighted by Crippen LogP contribution is -2.14. The van der Waals surface area contributed by atoms with Gasteiger partial charge in [-0.15, -0.1) is 0 Å². The van der Waals surface area contributed by atoms with E-state index in [4.69, 9.17) is 0 Å². The number of benzene rings is 1. The fourth-order valence-corrected chi connectivity index (χ4v) is 2.91. The second kappa shape index (κ2) is 6.20. The third kappa shape index (κ3) is 3.20. The van der Waals surface area contributed by atoms with Crippen LogP contribution in [0.1, 0.15) is 16.1 Å². The molecule has 0 bridgehead atoms. The summed E-state index contributed by atoms with van der Waals surface area (Å²) in [4.78, 5) is 15.8. The van der Waals surface area contributed by atoms with Crippen molar-refractivity contribution in [2.75, 3.05) is 5.32 Å². The lowest BCUT2D eigenvalue weighted by Gasteiger charge is -2.07. The van der Waals surface area contributed by atoms with Crippen molar-refractivity contribution in [1.82, 2.24) is 15.2 Å². The number of rotatable bonds is 4. The van der Waals surface area contributed by atoms with Gasteiger partial charge in [0.05, 0.1) is 16.8 Å². The Kier molecular flexibility index (Phi) is 4.21. The van der Waals surface area contributed by atoms with E-state index >= 15 is 0 Å². The number of pyridine rings is 1. The molecule has 130 valence electrons. The summed E-state index contributed by atoms with van der Waals surface area (Å²) in [5.74, 6) is -4.04. The van der Waals surface area contributed by atoms with Crippen LogP contribution >= 0.6 is 0 Å². The number of fused-ring (bicyclic) bond motifs is 1. The van der Waals surface area contributed by atoms with Crippen LogP contribution in [0.4, 0.5) is 14.5 Å². The number of nitrogens with one attached hydrogen (secondary N) is 2. The first kappa shape index (κ1) is 17.0. The molecule has 0 fully saturated rings. The van der Waals surface area contributed by atoms with E-state index in [2.05, 4.69) is 20.5 Å². The summed E-state index contributed by atoms with van der Waals surface area (Å²) in [6, 6.07) is 5.96. The molecule has 0 radical (unpaired) electrons. The molecule has 0 aliphatic heterocycles. The number of H-pyrrole nitrogens is 1. The van der Waals surface area contributed by atoms with Crippen LogP contribution in [0.5, 0.6) is 0 Å². The monoisotopic (exact) mass is 366 g/mol. The predicted octanol–water partition coefficient (Wildman–Crippen LogP) is 2.51. The molecule has 10 heteroatoms. The van der Waals surface area contributed by atoms with Gasteiger partial charge in [-0.2, -0.15) is 13.9 Å². The number of carbonyl (C=O) groups excluding carboxylic acids is 1. The summed E-state index contributed by atoms with van der Waals surface area (Å²) in [5.41, 5.74) is 1.85. The molecule has 2 N–H and O–H groups in total. The zero-order valence-electron chi connectivity index (χ0n) is 12.8. The number of hydrogen-bond donors (Lipinski definition) is 2. The first-order valence-electron chi connectivity index (χ1n) is 7.03. The van der Waals surface area contributed by atoms with Gasteiger partial charge in [-0.1, -0.05) is 0 Å². The summed E-state index contributed by atoms with van der Waals surface area (Å²) in [6.07, 6.45) is 1.43. The van der Waals surface area contributed by atoms with Crippen LogP contribution < -0.4 is 5.32 Å². The van der Waals surface area contributed by atoms with Crippen molar-refractivity contribution in [2.45, 2.75) is 17.6 Å². The molecule has 25 heavy (non-hydrogen) atoms. The fourth-order valence-electron chi connectivity index (χ4n) is 2.19. The molecule has 1 amide bonds. The van der Waals surface area contributed by atoms with Gasteiger partial charge in [0, 0.05) is 16.6 Å². The van der Waals surface area contributed by atoms with Crippen molar-refractivity contribution >= 4 is 32.5 Å². The number of halogens is 2. The SMILES string of the molecule is Cc1[nH]nc2ncc(NC(=O)c3ccc(S(=O)(=O)C(F)F)cc3)cc12. The molecule has 0 aliphatic carbocycles. The highest BCUT2D eigenvalue weighted by Gasteiger charge is 2.26. The van der Waals surface area contributed by atoms with E-state index in [0.717, 1.165) is 23.2 Å². The number of anilines is 1. The Bertz CT molecular complexity index is 1050. The van der Waals surface area contributed by atoms with Crippen molar-refractivity contribution in [3.63, 3.8) is 0 Å². The van der Waals surface area contributed by atoms with E-state index in [9.17, 15) is 22.0 Å². The molecule has 2 heterocycles. The molecule has 0 spiro atoms. The van der Waals surface area contributed by atoms with Gasteiger partial charge in [-0.25, -0.2) is 13.4 Å². The molecule has 0 unspecified atom stereocenters. The average Bonchev–Trinajstić information content (AvgIpc) is 2.95. The number of sulfone groups is 1. The van der Waals surface area contributed by atoms with Gasteiger partial charge in [0.25, 0.3) is 5.91 Å². The van der Waals surface area contributed by atoms with Gasteiger partial charge < -0.3 is 5.32 Å². The van der Waals surface area contributed by atoms with Gasteiger partial charge in [0.1, 0.15) is 0 Å². The Hall–Kier alpha value is -2.88. The van der Waals surface area contributed by atoms with Crippen LogP contribution in [0, 0.1) is 6.92 Å². The molecular weight excluding hydrogens is 354 g/mol. The van der Waals surface area contributed by atoms with Crippen LogP contribution in [0.3, 0.4) is 0 Å². The van der Waals surface area contributed by atoms with Crippen LogP contribution in [0.15, 0.2) is 41.4 Å². The third-order valence-electron chi connectivity index (χ3n) is 3.54. The number of amides is 1. The molecule has 1 aromatic carbocycles. The predicted molar refractivity (Wildman–Crippen MR) is 86.2 cm³/mol. The minimum Gasteiger partial charge on any atom is -0.321 e. The number of aromatic nitrogens is 3. The van der Waals surface area contributed by atoms with Crippen molar-refractivity contribution in [3.8, 4) is 0 Å². The summed E-state index contributed by atoms with van der Waals surface area (Å²) in [7, 11) is -4.69. The molecule has 7 nitrogen and oxygen atoms in total. The van der Waals surface area contributed by atoms with Crippen LogP contribution in [0.25, 0.3) is 11.0 Å². The number of carbonyl (C=O) groups is 1. The highest BCUT2D eigenvalue weighted by atomic mass is 32.2. The van der Waals surface area contributed by atoms with Crippen molar-refractivity contribution in [2.24, 2.45) is 0 Å². The molecule has 0 atom stereocenters. The normalized spacial score (nSPS) is 11.8. The molecular formula is C15H12F2N4O3S. The lowest BCUT2D eigenvalue weighted by molar-refractivity contribution is 0.102. The maximum absolute atomic E-state index is 12.5. The maximum atomic E-state index is 12.5. The summed E-state index contributed by atoms with van der Waals surface area (Å²) in [5, 5.41) is 10.1. The smallest absolute Gasteiger partial charge is 0.321 e. The first-order chi connectivity index (χ1) is 11.8. The van der Waals surface area contributed by atoms with E-state index in [1.54, 1.807) is 6.07 Å². The first-order valence-corrected chi connectivity index (χ1v) is 8.58.